The SMILES string of the molecule is CCC(=O)Nc1cccc(NCc2ccc(F)cc2Cl)c1. The summed E-state index contributed by atoms with van der Waals surface area (Å²) in [5.74, 6) is -0.387. The smallest absolute Gasteiger partial charge is 0.224 e. The number of anilines is 2. The Bertz CT molecular complexity index is 646. The third-order valence-electron chi connectivity index (χ3n) is 2.97. The van der Waals surface area contributed by atoms with Crippen molar-refractivity contribution in [1.29, 1.82) is 0 Å². The van der Waals surface area contributed by atoms with E-state index in [-0.39, 0.29) is 11.7 Å². The number of hydrogen-bond acceptors (Lipinski definition) is 2. The second-order valence-corrected chi connectivity index (χ2v) is 4.98. The van der Waals surface area contributed by atoms with Crippen LogP contribution in [0, 0.1) is 5.82 Å². The van der Waals surface area contributed by atoms with Crippen LogP contribution in [-0.4, -0.2) is 5.91 Å². The summed E-state index contributed by atoms with van der Waals surface area (Å²) in [6.07, 6.45) is 0.433. The molecular formula is C16H16ClFN2O. The zero-order valence-corrected chi connectivity index (χ0v) is 12.4. The molecule has 0 saturated carbocycles. The van der Waals surface area contributed by atoms with Gasteiger partial charge in [-0.15, -0.1) is 0 Å². The fourth-order valence-electron chi connectivity index (χ4n) is 1.82. The van der Waals surface area contributed by atoms with Crippen LogP contribution in [0.3, 0.4) is 0 Å². The highest BCUT2D eigenvalue weighted by molar-refractivity contribution is 6.31. The predicted octanol–water partition coefficient (Wildman–Crippen LogP) is 4.44. The summed E-state index contributed by atoms with van der Waals surface area (Å²) in [5.41, 5.74) is 2.39. The van der Waals surface area contributed by atoms with Gasteiger partial charge in [-0.25, -0.2) is 4.39 Å². The number of nitrogens with one attached hydrogen (secondary N) is 2. The van der Waals surface area contributed by atoms with Crippen LogP contribution in [0.25, 0.3) is 0 Å². The highest BCUT2D eigenvalue weighted by atomic mass is 35.5. The van der Waals surface area contributed by atoms with E-state index in [4.69, 9.17) is 11.6 Å². The molecule has 0 spiro atoms. The fraction of sp³-hybridized carbons (Fsp3) is 0.188. The second-order valence-electron chi connectivity index (χ2n) is 4.57. The van der Waals surface area contributed by atoms with Crippen molar-refractivity contribution in [3.63, 3.8) is 0 Å². The molecule has 0 heterocycles. The van der Waals surface area contributed by atoms with Gasteiger partial charge in [0, 0.05) is 29.4 Å². The Morgan fingerprint density at radius 2 is 1.95 bits per heavy atom. The van der Waals surface area contributed by atoms with Gasteiger partial charge in [-0.05, 0) is 35.9 Å². The third-order valence-corrected chi connectivity index (χ3v) is 3.32. The van der Waals surface area contributed by atoms with E-state index in [0.717, 1.165) is 16.9 Å². The van der Waals surface area contributed by atoms with Crippen LogP contribution in [-0.2, 0) is 11.3 Å². The van der Waals surface area contributed by atoms with E-state index in [0.29, 0.717) is 18.0 Å². The molecule has 2 aromatic carbocycles. The summed E-state index contributed by atoms with van der Waals surface area (Å²) in [6, 6.07) is 11.7. The molecule has 0 atom stereocenters. The number of carbonyl (C=O) groups excluding carboxylic acids is 1. The van der Waals surface area contributed by atoms with Gasteiger partial charge in [0.25, 0.3) is 0 Å². The maximum atomic E-state index is 13.0. The second kappa shape index (κ2) is 7.09. The molecule has 0 unspecified atom stereocenters. The third kappa shape index (κ3) is 4.46. The number of amides is 1. The zero-order valence-electron chi connectivity index (χ0n) is 11.6. The molecule has 0 aliphatic carbocycles. The molecule has 1 amide bonds. The zero-order chi connectivity index (χ0) is 15.2. The highest BCUT2D eigenvalue weighted by Crippen LogP contribution is 2.20. The quantitative estimate of drug-likeness (QED) is 0.857. The van der Waals surface area contributed by atoms with Crippen LogP contribution >= 0.6 is 11.6 Å². The van der Waals surface area contributed by atoms with Gasteiger partial charge in [-0.1, -0.05) is 30.7 Å². The van der Waals surface area contributed by atoms with Gasteiger partial charge in [-0.2, -0.15) is 0 Å². The van der Waals surface area contributed by atoms with Crippen LogP contribution < -0.4 is 10.6 Å². The number of benzene rings is 2. The first-order chi connectivity index (χ1) is 10.1. The lowest BCUT2D eigenvalue weighted by molar-refractivity contribution is -0.115. The molecule has 2 N–H and O–H groups in total. The topological polar surface area (TPSA) is 41.1 Å². The molecule has 0 bridgehead atoms. The maximum absolute atomic E-state index is 13.0. The van der Waals surface area contributed by atoms with Gasteiger partial charge >= 0.3 is 0 Å². The number of rotatable bonds is 5. The van der Waals surface area contributed by atoms with Gasteiger partial charge in [0.2, 0.25) is 5.91 Å². The Morgan fingerprint density at radius 1 is 1.19 bits per heavy atom. The van der Waals surface area contributed by atoms with Crippen molar-refractivity contribution in [3.05, 3.63) is 58.9 Å². The van der Waals surface area contributed by atoms with Crippen molar-refractivity contribution in [3.8, 4) is 0 Å². The number of hydrogen-bond donors (Lipinski definition) is 2. The van der Waals surface area contributed by atoms with Gasteiger partial charge < -0.3 is 10.6 Å². The van der Waals surface area contributed by atoms with Gasteiger partial charge in [0.15, 0.2) is 0 Å². The first-order valence-electron chi connectivity index (χ1n) is 6.66. The standard InChI is InChI=1S/C16H16ClFN2O/c1-2-16(21)20-14-5-3-4-13(9-14)19-10-11-6-7-12(18)8-15(11)17/h3-9,19H,2,10H2,1H3,(H,20,21). The summed E-state index contributed by atoms with van der Waals surface area (Å²) < 4.78 is 13.0. The van der Waals surface area contributed by atoms with E-state index in [1.807, 2.05) is 24.3 Å². The summed E-state index contributed by atoms with van der Waals surface area (Å²) in [6.45, 7) is 2.28. The van der Waals surface area contributed by atoms with Crippen molar-refractivity contribution in [2.24, 2.45) is 0 Å². The summed E-state index contributed by atoms with van der Waals surface area (Å²) in [5, 5.41) is 6.38. The molecule has 0 aromatic heterocycles. The minimum atomic E-state index is -0.354. The Morgan fingerprint density at radius 3 is 2.67 bits per heavy atom. The lowest BCUT2D eigenvalue weighted by Gasteiger charge is -2.10. The highest BCUT2D eigenvalue weighted by Gasteiger charge is 2.03. The molecular weight excluding hydrogens is 291 g/mol. The molecule has 110 valence electrons. The van der Waals surface area contributed by atoms with Crippen molar-refractivity contribution in [1.82, 2.24) is 0 Å². The Labute approximate surface area is 128 Å². The van der Waals surface area contributed by atoms with E-state index in [1.165, 1.54) is 12.1 Å². The van der Waals surface area contributed by atoms with E-state index in [9.17, 15) is 9.18 Å². The molecule has 21 heavy (non-hydrogen) atoms. The monoisotopic (exact) mass is 306 g/mol. The maximum Gasteiger partial charge on any atom is 0.224 e. The number of halogens is 2. The van der Waals surface area contributed by atoms with Gasteiger partial charge in [-0.3, -0.25) is 4.79 Å². The molecule has 2 rings (SSSR count). The van der Waals surface area contributed by atoms with Crippen molar-refractivity contribution >= 4 is 28.9 Å². The van der Waals surface area contributed by atoms with Crippen molar-refractivity contribution in [2.45, 2.75) is 19.9 Å². The van der Waals surface area contributed by atoms with Crippen LogP contribution in [0.15, 0.2) is 42.5 Å². The van der Waals surface area contributed by atoms with E-state index in [1.54, 1.807) is 13.0 Å². The minimum Gasteiger partial charge on any atom is -0.381 e. The van der Waals surface area contributed by atoms with Gasteiger partial charge in [0.1, 0.15) is 5.82 Å². The summed E-state index contributed by atoms with van der Waals surface area (Å²) in [7, 11) is 0. The summed E-state index contributed by atoms with van der Waals surface area (Å²) in [4.78, 5) is 11.4. The van der Waals surface area contributed by atoms with Crippen LogP contribution in [0.1, 0.15) is 18.9 Å². The molecule has 3 nitrogen and oxygen atoms in total. The molecule has 0 fully saturated rings. The summed E-state index contributed by atoms with van der Waals surface area (Å²) >= 11 is 5.98. The van der Waals surface area contributed by atoms with E-state index < -0.39 is 0 Å². The van der Waals surface area contributed by atoms with E-state index >= 15 is 0 Å². The van der Waals surface area contributed by atoms with Crippen molar-refractivity contribution in [2.75, 3.05) is 10.6 Å². The number of carbonyl (C=O) groups is 1. The lowest BCUT2D eigenvalue weighted by atomic mass is 10.2. The average molecular weight is 307 g/mol. The largest absolute Gasteiger partial charge is 0.381 e. The average Bonchev–Trinajstić information content (AvgIpc) is 2.46. The lowest BCUT2D eigenvalue weighted by Crippen LogP contribution is -2.09. The first kappa shape index (κ1) is 15.3. The molecule has 5 heteroatoms. The molecule has 0 aliphatic rings. The fourth-order valence-corrected chi connectivity index (χ4v) is 2.05. The molecule has 0 radical (unpaired) electrons. The molecule has 2 aromatic rings. The molecule has 0 saturated heterocycles. The Balaban J connectivity index is 2.03. The Hall–Kier alpha value is -2.07. The minimum absolute atomic E-state index is 0.0336. The molecule has 0 aliphatic heterocycles. The van der Waals surface area contributed by atoms with Gasteiger partial charge in [0.05, 0.1) is 0 Å². The predicted molar refractivity (Wildman–Crippen MR) is 84.1 cm³/mol. The normalized spacial score (nSPS) is 10.2. The van der Waals surface area contributed by atoms with Crippen LogP contribution in [0.4, 0.5) is 15.8 Å². The Kier molecular flexibility index (Phi) is 5.17. The first-order valence-corrected chi connectivity index (χ1v) is 7.04. The van der Waals surface area contributed by atoms with Crippen LogP contribution in [0.2, 0.25) is 5.02 Å². The van der Waals surface area contributed by atoms with Crippen LogP contribution in [0.5, 0.6) is 0 Å². The van der Waals surface area contributed by atoms with Crippen molar-refractivity contribution < 1.29 is 9.18 Å². The van der Waals surface area contributed by atoms with E-state index in [2.05, 4.69) is 10.6 Å².